The van der Waals surface area contributed by atoms with Crippen molar-refractivity contribution in [2.24, 2.45) is 0 Å². The molecule has 0 radical (unpaired) electrons. The van der Waals surface area contributed by atoms with Crippen LogP contribution in [0.5, 0.6) is 0 Å². The second kappa shape index (κ2) is 3.53. The number of fused-ring (bicyclic) bond motifs is 5. The molecular formula is C16H11NS. The molecule has 4 aromatic rings. The van der Waals surface area contributed by atoms with E-state index in [2.05, 4.69) is 66.1 Å². The van der Waals surface area contributed by atoms with Gasteiger partial charge in [0.05, 0.1) is 5.52 Å². The smallest absolute Gasteiger partial charge is 0.0600 e. The molecule has 0 atom stereocenters. The summed E-state index contributed by atoms with van der Waals surface area (Å²) in [5.74, 6) is 0. The quantitative estimate of drug-likeness (QED) is 0.418. The lowest BCUT2D eigenvalue weighted by molar-refractivity contribution is 1.45. The first kappa shape index (κ1) is 10.0. The molecule has 2 heteroatoms. The topological polar surface area (TPSA) is 15.8 Å². The number of para-hydroxylation sites is 1. The van der Waals surface area contributed by atoms with Crippen LogP contribution in [0.15, 0.2) is 59.5 Å². The first-order valence-electron chi connectivity index (χ1n) is 5.96. The lowest BCUT2D eigenvalue weighted by Gasteiger charge is -1.99. The lowest BCUT2D eigenvalue weighted by atomic mass is 10.0. The van der Waals surface area contributed by atoms with Gasteiger partial charge in [-0.05, 0) is 22.9 Å². The average molecular weight is 249 g/mol. The van der Waals surface area contributed by atoms with Gasteiger partial charge >= 0.3 is 0 Å². The Morgan fingerprint density at radius 3 is 2.56 bits per heavy atom. The fourth-order valence-electron chi connectivity index (χ4n) is 2.68. The summed E-state index contributed by atoms with van der Waals surface area (Å²) in [4.78, 5) is 4.46. The summed E-state index contributed by atoms with van der Waals surface area (Å²) in [7, 11) is 0. The van der Waals surface area contributed by atoms with Crippen LogP contribution in [-0.2, 0) is 0 Å². The molecule has 0 spiro atoms. The summed E-state index contributed by atoms with van der Waals surface area (Å²) >= 11 is 4.52. The molecular weight excluding hydrogens is 238 g/mol. The highest BCUT2D eigenvalue weighted by atomic mass is 32.1. The molecule has 0 saturated heterocycles. The van der Waals surface area contributed by atoms with Crippen LogP contribution in [0.4, 0.5) is 0 Å². The highest BCUT2D eigenvalue weighted by Crippen LogP contribution is 2.34. The first-order chi connectivity index (χ1) is 8.84. The number of hydrogen-bond acceptors (Lipinski definition) is 1. The van der Waals surface area contributed by atoms with E-state index in [9.17, 15) is 0 Å². The zero-order valence-electron chi connectivity index (χ0n) is 9.64. The van der Waals surface area contributed by atoms with Crippen molar-refractivity contribution in [2.75, 3.05) is 0 Å². The van der Waals surface area contributed by atoms with E-state index in [0.29, 0.717) is 0 Å². The molecule has 1 N–H and O–H groups in total. The number of thiol groups is 1. The Hall–Kier alpha value is -1.93. The Balaban J connectivity index is 2.37. The Bertz CT molecular complexity index is 889. The standard InChI is InChI=1S/C16H11NS/c18-14-7-3-6-12-15-11-5-2-1-4-10(11)8-9-13(15)17-16(12)14/h1-9,17-18H. The number of H-pyrrole nitrogens is 1. The minimum Gasteiger partial charge on any atom is -0.354 e. The van der Waals surface area contributed by atoms with Gasteiger partial charge in [0, 0.05) is 21.2 Å². The molecule has 0 aliphatic carbocycles. The average Bonchev–Trinajstić information content (AvgIpc) is 2.79. The predicted molar refractivity (Wildman–Crippen MR) is 80.6 cm³/mol. The summed E-state index contributed by atoms with van der Waals surface area (Å²) in [6, 6.07) is 19.0. The maximum atomic E-state index is 4.52. The Morgan fingerprint density at radius 2 is 1.61 bits per heavy atom. The van der Waals surface area contributed by atoms with Crippen molar-refractivity contribution >= 4 is 45.2 Å². The highest BCUT2D eigenvalue weighted by Gasteiger charge is 2.08. The molecule has 1 nitrogen and oxygen atoms in total. The molecule has 0 fully saturated rings. The molecule has 86 valence electrons. The number of hydrogen-bond donors (Lipinski definition) is 2. The van der Waals surface area contributed by atoms with Crippen LogP contribution in [0.2, 0.25) is 0 Å². The van der Waals surface area contributed by atoms with Crippen LogP contribution >= 0.6 is 12.6 Å². The molecule has 0 unspecified atom stereocenters. The maximum Gasteiger partial charge on any atom is 0.0600 e. The fraction of sp³-hybridized carbons (Fsp3) is 0. The molecule has 4 rings (SSSR count). The summed E-state index contributed by atoms with van der Waals surface area (Å²) in [5, 5.41) is 5.10. The number of aromatic nitrogens is 1. The third kappa shape index (κ3) is 1.24. The molecule has 1 heterocycles. The number of rotatable bonds is 0. The van der Waals surface area contributed by atoms with E-state index < -0.39 is 0 Å². The zero-order chi connectivity index (χ0) is 12.1. The SMILES string of the molecule is Sc1cccc2c1[nH]c1ccc3ccccc3c12. The maximum absolute atomic E-state index is 4.52. The van der Waals surface area contributed by atoms with Crippen molar-refractivity contribution in [3.8, 4) is 0 Å². The van der Waals surface area contributed by atoms with Crippen LogP contribution in [0.3, 0.4) is 0 Å². The van der Waals surface area contributed by atoms with Crippen molar-refractivity contribution in [1.82, 2.24) is 4.98 Å². The zero-order valence-corrected chi connectivity index (χ0v) is 10.5. The van der Waals surface area contributed by atoms with Crippen LogP contribution in [0.25, 0.3) is 32.6 Å². The summed E-state index contributed by atoms with van der Waals surface area (Å²) in [6.07, 6.45) is 0. The van der Waals surface area contributed by atoms with Gasteiger partial charge in [-0.2, -0.15) is 0 Å². The first-order valence-corrected chi connectivity index (χ1v) is 6.40. The number of aromatic amines is 1. The van der Waals surface area contributed by atoms with Crippen LogP contribution in [0, 0.1) is 0 Å². The second-order valence-corrected chi connectivity index (χ2v) is 5.02. The molecule has 0 aliphatic heterocycles. The monoisotopic (exact) mass is 249 g/mol. The van der Waals surface area contributed by atoms with E-state index in [0.717, 1.165) is 10.4 Å². The fourth-order valence-corrected chi connectivity index (χ4v) is 2.94. The Kier molecular flexibility index (Phi) is 1.97. The summed E-state index contributed by atoms with van der Waals surface area (Å²) < 4.78 is 0. The minimum absolute atomic E-state index is 0.993. The largest absolute Gasteiger partial charge is 0.354 e. The van der Waals surface area contributed by atoms with E-state index in [1.54, 1.807) is 0 Å². The van der Waals surface area contributed by atoms with Crippen molar-refractivity contribution in [2.45, 2.75) is 4.90 Å². The number of nitrogens with one attached hydrogen (secondary N) is 1. The van der Waals surface area contributed by atoms with Gasteiger partial charge in [-0.15, -0.1) is 12.6 Å². The molecule has 18 heavy (non-hydrogen) atoms. The van der Waals surface area contributed by atoms with Gasteiger partial charge in [0.1, 0.15) is 0 Å². The van der Waals surface area contributed by atoms with E-state index in [-0.39, 0.29) is 0 Å². The van der Waals surface area contributed by atoms with Crippen LogP contribution in [0.1, 0.15) is 0 Å². The lowest BCUT2D eigenvalue weighted by Crippen LogP contribution is -1.73. The van der Waals surface area contributed by atoms with Crippen LogP contribution < -0.4 is 0 Å². The van der Waals surface area contributed by atoms with Gasteiger partial charge in [-0.3, -0.25) is 0 Å². The Labute approximate surface area is 110 Å². The van der Waals surface area contributed by atoms with E-state index >= 15 is 0 Å². The van der Waals surface area contributed by atoms with Gasteiger partial charge in [-0.1, -0.05) is 42.5 Å². The van der Waals surface area contributed by atoms with Gasteiger partial charge in [0.25, 0.3) is 0 Å². The summed E-state index contributed by atoms with van der Waals surface area (Å²) in [6.45, 7) is 0. The van der Waals surface area contributed by atoms with Crippen molar-refractivity contribution in [3.63, 3.8) is 0 Å². The number of benzene rings is 3. The van der Waals surface area contributed by atoms with Gasteiger partial charge in [0.15, 0.2) is 0 Å². The van der Waals surface area contributed by atoms with Crippen molar-refractivity contribution in [3.05, 3.63) is 54.6 Å². The predicted octanol–water partition coefficient (Wildman–Crippen LogP) is 4.76. The van der Waals surface area contributed by atoms with Crippen molar-refractivity contribution in [1.29, 1.82) is 0 Å². The second-order valence-electron chi connectivity index (χ2n) is 4.53. The molecule has 0 saturated carbocycles. The van der Waals surface area contributed by atoms with Crippen LogP contribution in [-0.4, -0.2) is 4.98 Å². The third-order valence-electron chi connectivity index (χ3n) is 3.50. The van der Waals surface area contributed by atoms with Gasteiger partial charge < -0.3 is 4.98 Å². The van der Waals surface area contributed by atoms with E-state index in [1.807, 2.05) is 6.07 Å². The van der Waals surface area contributed by atoms with Gasteiger partial charge in [0.2, 0.25) is 0 Å². The summed E-state index contributed by atoms with van der Waals surface area (Å²) in [5.41, 5.74) is 2.29. The molecule has 0 bridgehead atoms. The highest BCUT2D eigenvalue weighted by molar-refractivity contribution is 7.80. The van der Waals surface area contributed by atoms with Crippen molar-refractivity contribution < 1.29 is 0 Å². The van der Waals surface area contributed by atoms with Gasteiger partial charge in [-0.25, -0.2) is 0 Å². The normalized spacial score (nSPS) is 11.6. The molecule has 0 amide bonds. The van der Waals surface area contributed by atoms with E-state index in [4.69, 9.17) is 0 Å². The minimum atomic E-state index is 0.993. The molecule has 0 aliphatic rings. The third-order valence-corrected chi connectivity index (χ3v) is 3.87. The molecule has 1 aromatic heterocycles. The van der Waals surface area contributed by atoms with E-state index in [1.165, 1.54) is 27.1 Å². The molecule has 3 aromatic carbocycles. The Morgan fingerprint density at radius 1 is 0.778 bits per heavy atom.